The Morgan fingerprint density at radius 2 is 2.00 bits per heavy atom. The van der Waals surface area contributed by atoms with Gasteiger partial charge in [0.25, 0.3) is 5.91 Å². The molecule has 2 aromatic rings. The van der Waals surface area contributed by atoms with E-state index in [0.29, 0.717) is 11.5 Å². The number of amides is 1. The first kappa shape index (κ1) is 14.2. The molecule has 5 nitrogen and oxygen atoms in total. The van der Waals surface area contributed by atoms with Gasteiger partial charge in [-0.3, -0.25) is 4.79 Å². The number of carbonyl (C=O) groups is 2. The molecule has 1 aromatic heterocycles. The maximum atomic E-state index is 12.0. The molecule has 0 saturated heterocycles. The van der Waals surface area contributed by atoms with E-state index in [9.17, 15) is 9.59 Å². The van der Waals surface area contributed by atoms with E-state index < -0.39 is 11.9 Å². The van der Waals surface area contributed by atoms with E-state index in [1.807, 2.05) is 6.26 Å². The molecule has 1 aromatic carbocycles. The zero-order chi connectivity index (χ0) is 14.5. The molecular weight excluding hydrogens is 278 g/mol. The maximum absolute atomic E-state index is 12.0. The molecular formula is C14H13NO4S. The minimum Gasteiger partial charge on any atom is -0.478 e. The van der Waals surface area contributed by atoms with E-state index in [1.165, 1.54) is 12.1 Å². The second kappa shape index (κ2) is 6.29. The van der Waals surface area contributed by atoms with Crippen molar-refractivity contribution in [3.05, 3.63) is 53.5 Å². The van der Waals surface area contributed by atoms with E-state index in [2.05, 4.69) is 5.32 Å². The molecule has 1 heterocycles. The molecule has 6 heteroatoms. The van der Waals surface area contributed by atoms with Crippen molar-refractivity contribution in [3.8, 4) is 0 Å². The third-order valence-corrected chi connectivity index (χ3v) is 3.15. The molecule has 0 aliphatic heterocycles. The second-order valence-electron chi connectivity index (χ2n) is 4.00. The van der Waals surface area contributed by atoms with Gasteiger partial charge in [0.15, 0.2) is 5.76 Å². The van der Waals surface area contributed by atoms with Crippen molar-refractivity contribution in [2.24, 2.45) is 0 Å². The van der Waals surface area contributed by atoms with Crippen LogP contribution in [0.4, 0.5) is 5.69 Å². The lowest BCUT2D eigenvalue weighted by atomic mass is 10.2. The van der Waals surface area contributed by atoms with Gasteiger partial charge in [0.2, 0.25) is 0 Å². The van der Waals surface area contributed by atoms with Crippen LogP contribution in [-0.2, 0) is 5.75 Å². The number of hydrogen-bond acceptors (Lipinski definition) is 4. The van der Waals surface area contributed by atoms with Gasteiger partial charge in [-0.25, -0.2) is 4.79 Å². The molecule has 0 atom stereocenters. The van der Waals surface area contributed by atoms with Gasteiger partial charge in [-0.2, -0.15) is 11.8 Å². The average molecular weight is 291 g/mol. The summed E-state index contributed by atoms with van der Waals surface area (Å²) in [6.07, 6.45) is 1.94. The monoisotopic (exact) mass is 291 g/mol. The number of benzene rings is 1. The minimum absolute atomic E-state index is 0.0387. The molecule has 0 fully saturated rings. The lowest BCUT2D eigenvalue weighted by molar-refractivity contribution is 0.0698. The highest BCUT2D eigenvalue weighted by Crippen LogP contribution is 2.18. The third kappa shape index (κ3) is 3.21. The molecule has 20 heavy (non-hydrogen) atoms. The van der Waals surface area contributed by atoms with Crippen molar-refractivity contribution in [1.82, 2.24) is 0 Å². The highest BCUT2D eigenvalue weighted by molar-refractivity contribution is 7.97. The maximum Gasteiger partial charge on any atom is 0.337 e. The van der Waals surface area contributed by atoms with Crippen LogP contribution in [0.5, 0.6) is 0 Å². The van der Waals surface area contributed by atoms with Crippen LogP contribution in [0.2, 0.25) is 0 Å². The largest absolute Gasteiger partial charge is 0.478 e. The predicted molar refractivity (Wildman–Crippen MR) is 77.3 cm³/mol. The molecule has 0 aliphatic carbocycles. The van der Waals surface area contributed by atoms with Crippen molar-refractivity contribution in [3.63, 3.8) is 0 Å². The second-order valence-corrected chi connectivity index (χ2v) is 4.87. The van der Waals surface area contributed by atoms with E-state index in [1.54, 1.807) is 36.0 Å². The van der Waals surface area contributed by atoms with Crippen LogP contribution >= 0.6 is 11.8 Å². The van der Waals surface area contributed by atoms with Crippen molar-refractivity contribution in [1.29, 1.82) is 0 Å². The van der Waals surface area contributed by atoms with Crippen molar-refractivity contribution < 1.29 is 19.1 Å². The number of rotatable bonds is 5. The predicted octanol–water partition coefficient (Wildman–Crippen LogP) is 3.09. The fraction of sp³-hybridized carbons (Fsp3) is 0.143. The van der Waals surface area contributed by atoms with Crippen LogP contribution in [0.15, 0.2) is 40.8 Å². The van der Waals surface area contributed by atoms with E-state index in [0.717, 1.165) is 0 Å². The number of furan rings is 1. The molecule has 104 valence electrons. The van der Waals surface area contributed by atoms with Crippen molar-refractivity contribution in [2.75, 3.05) is 11.6 Å². The summed E-state index contributed by atoms with van der Waals surface area (Å²) in [5, 5.41) is 11.6. The summed E-state index contributed by atoms with van der Waals surface area (Å²) in [5.41, 5.74) is 0.282. The summed E-state index contributed by atoms with van der Waals surface area (Å²) in [4.78, 5) is 23.1. The highest BCUT2D eigenvalue weighted by atomic mass is 32.2. The van der Waals surface area contributed by atoms with Crippen LogP contribution in [0.25, 0.3) is 0 Å². The Morgan fingerprint density at radius 1 is 1.25 bits per heavy atom. The molecule has 0 radical (unpaired) electrons. The van der Waals surface area contributed by atoms with Crippen LogP contribution in [0.1, 0.15) is 26.7 Å². The van der Waals surface area contributed by atoms with E-state index >= 15 is 0 Å². The summed E-state index contributed by atoms with van der Waals surface area (Å²) in [7, 11) is 0. The summed E-state index contributed by atoms with van der Waals surface area (Å²) in [5.74, 6) is -0.0168. The average Bonchev–Trinajstić information content (AvgIpc) is 2.88. The fourth-order valence-corrected chi connectivity index (χ4v) is 2.12. The number of carboxylic acid groups (broad SMARTS) is 1. The number of carboxylic acids is 1. The van der Waals surface area contributed by atoms with Gasteiger partial charge < -0.3 is 14.8 Å². The quantitative estimate of drug-likeness (QED) is 0.885. The standard InChI is InChI=1S/C14H13NO4S/c1-20-8-9-6-7-12(19-9)13(16)15-11-5-3-2-4-10(11)14(17)18/h2-7H,8H2,1H3,(H,15,16)(H,17,18). The first-order valence-corrected chi connectivity index (χ1v) is 7.22. The first-order valence-electron chi connectivity index (χ1n) is 5.83. The Labute approximate surface area is 120 Å². The first-order chi connectivity index (χ1) is 9.61. The molecule has 0 spiro atoms. The lowest BCUT2D eigenvalue weighted by Crippen LogP contribution is -2.14. The number of thioether (sulfide) groups is 1. The Morgan fingerprint density at radius 3 is 2.70 bits per heavy atom. The van der Waals surface area contributed by atoms with Gasteiger partial charge in [-0.15, -0.1) is 0 Å². The molecule has 1 amide bonds. The van der Waals surface area contributed by atoms with E-state index in [-0.39, 0.29) is 17.0 Å². The Hall–Kier alpha value is -2.21. The molecule has 0 aliphatic rings. The SMILES string of the molecule is CSCc1ccc(C(=O)Nc2ccccc2C(=O)O)o1. The van der Waals surface area contributed by atoms with Gasteiger partial charge >= 0.3 is 5.97 Å². The zero-order valence-electron chi connectivity index (χ0n) is 10.8. The Bertz CT molecular complexity index is 636. The zero-order valence-corrected chi connectivity index (χ0v) is 11.6. The van der Waals surface area contributed by atoms with Crippen LogP contribution in [0, 0.1) is 0 Å². The highest BCUT2D eigenvalue weighted by Gasteiger charge is 2.15. The van der Waals surface area contributed by atoms with Crippen LogP contribution < -0.4 is 5.32 Å². The van der Waals surface area contributed by atoms with Crippen LogP contribution in [0.3, 0.4) is 0 Å². The minimum atomic E-state index is -1.09. The Balaban J connectivity index is 2.17. The van der Waals surface area contributed by atoms with Gasteiger partial charge in [-0.05, 0) is 30.5 Å². The third-order valence-electron chi connectivity index (χ3n) is 2.58. The van der Waals surface area contributed by atoms with Gasteiger partial charge in [0.05, 0.1) is 17.0 Å². The summed E-state index contributed by atoms with van der Waals surface area (Å²) < 4.78 is 5.38. The Kier molecular flexibility index (Phi) is 4.47. The molecule has 0 bridgehead atoms. The summed E-state index contributed by atoms with van der Waals surface area (Å²) >= 11 is 1.59. The van der Waals surface area contributed by atoms with E-state index in [4.69, 9.17) is 9.52 Å². The van der Waals surface area contributed by atoms with Crippen molar-refractivity contribution in [2.45, 2.75) is 5.75 Å². The van der Waals surface area contributed by atoms with Crippen molar-refractivity contribution >= 4 is 29.3 Å². The smallest absolute Gasteiger partial charge is 0.337 e. The van der Waals surface area contributed by atoms with Gasteiger partial charge in [0.1, 0.15) is 5.76 Å². The number of aromatic carboxylic acids is 1. The van der Waals surface area contributed by atoms with Crippen LogP contribution in [-0.4, -0.2) is 23.2 Å². The topological polar surface area (TPSA) is 79.5 Å². The summed E-state index contributed by atoms with van der Waals surface area (Å²) in [6.45, 7) is 0. The molecule has 2 N–H and O–H groups in total. The number of nitrogens with one attached hydrogen (secondary N) is 1. The number of hydrogen-bond donors (Lipinski definition) is 2. The molecule has 0 unspecified atom stereocenters. The molecule has 0 saturated carbocycles. The van der Waals surface area contributed by atoms with Gasteiger partial charge in [0, 0.05) is 0 Å². The van der Waals surface area contributed by atoms with Gasteiger partial charge in [-0.1, -0.05) is 12.1 Å². The lowest BCUT2D eigenvalue weighted by Gasteiger charge is -2.06. The number of anilines is 1. The fourth-order valence-electron chi connectivity index (χ4n) is 1.68. The number of para-hydroxylation sites is 1. The number of carbonyl (C=O) groups excluding carboxylic acids is 1. The summed E-state index contributed by atoms with van der Waals surface area (Å²) in [6, 6.07) is 9.52. The molecule has 2 rings (SSSR count). The normalized spacial score (nSPS) is 10.2.